The molecule has 0 radical (unpaired) electrons. The molecule has 0 bridgehead atoms. The molecule has 2 heterocycles. The van der Waals surface area contributed by atoms with Crippen molar-refractivity contribution >= 4 is 22.3 Å². The van der Waals surface area contributed by atoms with Crippen LogP contribution in [0.15, 0.2) is 35.7 Å². The SMILES string of the molecule is Cc1cc(-c2csc(NCc3cccc(F)c3)c2C(=O)O)n(C)n1. The van der Waals surface area contributed by atoms with Crippen LogP contribution in [-0.2, 0) is 13.6 Å². The Bertz CT molecular complexity index is 901. The molecule has 0 saturated heterocycles. The number of thiophene rings is 1. The first kappa shape index (κ1) is 16.2. The van der Waals surface area contributed by atoms with Crippen LogP contribution in [0.5, 0.6) is 0 Å². The van der Waals surface area contributed by atoms with E-state index in [0.29, 0.717) is 17.1 Å². The highest BCUT2D eigenvalue weighted by Crippen LogP contribution is 2.36. The zero-order valence-electron chi connectivity index (χ0n) is 13.2. The first-order chi connectivity index (χ1) is 11.5. The van der Waals surface area contributed by atoms with Gasteiger partial charge in [0.15, 0.2) is 0 Å². The van der Waals surface area contributed by atoms with Gasteiger partial charge in [0.1, 0.15) is 16.4 Å². The summed E-state index contributed by atoms with van der Waals surface area (Å²) in [5, 5.41) is 19.3. The van der Waals surface area contributed by atoms with Crippen molar-refractivity contribution in [2.75, 3.05) is 5.32 Å². The number of aromatic nitrogens is 2. The molecule has 0 saturated carbocycles. The maximum absolute atomic E-state index is 13.2. The average Bonchev–Trinajstić information content (AvgIpc) is 3.08. The third-order valence-electron chi connectivity index (χ3n) is 3.62. The first-order valence-electron chi connectivity index (χ1n) is 7.30. The number of hydrogen-bond donors (Lipinski definition) is 2. The number of hydrogen-bond acceptors (Lipinski definition) is 4. The molecule has 2 aromatic heterocycles. The second-order valence-corrected chi connectivity index (χ2v) is 6.32. The molecule has 0 unspecified atom stereocenters. The predicted octanol–water partition coefficient (Wildman–Crippen LogP) is 3.91. The van der Waals surface area contributed by atoms with Crippen LogP contribution < -0.4 is 5.32 Å². The minimum Gasteiger partial charge on any atom is -0.478 e. The lowest BCUT2D eigenvalue weighted by Gasteiger charge is -2.07. The summed E-state index contributed by atoms with van der Waals surface area (Å²) in [6.07, 6.45) is 0. The Morgan fingerprint density at radius 3 is 2.83 bits per heavy atom. The fourth-order valence-electron chi connectivity index (χ4n) is 2.58. The van der Waals surface area contributed by atoms with Crippen molar-refractivity contribution in [1.82, 2.24) is 9.78 Å². The summed E-state index contributed by atoms with van der Waals surface area (Å²) >= 11 is 1.31. The predicted molar refractivity (Wildman–Crippen MR) is 91.9 cm³/mol. The number of nitrogens with one attached hydrogen (secondary N) is 1. The molecule has 0 amide bonds. The number of rotatable bonds is 5. The maximum atomic E-state index is 13.2. The van der Waals surface area contributed by atoms with Gasteiger partial charge >= 0.3 is 5.97 Å². The van der Waals surface area contributed by atoms with Crippen LogP contribution in [-0.4, -0.2) is 20.9 Å². The number of nitrogens with zero attached hydrogens (tertiary/aromatic N) is 2. The van der Waals surface area contributed by atoms with Crippen LogP contribution in [0.3, 0.4) is 0 Å². The summed E-state index contributed by atoms with van der Waals surface area (Å²) in [6.45, 7) is 2.21. The summed E-state index contributed by atoms with van der Waals surface area (Å²) < 4.78 is 14.9. The van der Waals surface area contributed by atoms with Gasteiger partial charge in [-0.3, -0.25) is 4.68 Å². The van der Waals surface area contributed by atoms with Crippen LogP contribution in [0, 0.1) is 12.7 Å². The van der Waals surface area contributed by atoms with E-state index in [-0.39, 0.29) is 11.4 Å². The third-order valence-corrected chi connectivity index (χ3v) is 4.56. The van der Waals surface area contributed by atoms with Crippen molar-refractivity contribution in [3.63, 3.8) is 0 Å². The van der Waals surface area contributed by atoms with Crippen molar-refractivity contribution in [1.29, 1.82) is 0 Å². The van der Waals surface area contributed by atoms with Crippen molar-refractivity contribution < 1.29 is 14.3 Å². The highest BCUT2D eigenvalue weighted by atomic mass is 32.1. The van der Waals surface area contributed by atoms with Crippen LogP contribution >= 0.6 is 11.3 Å². The Balaban J connectivity index is 1.92. The highest BCUT2D eigenvalue weighted by molar-refractivity contribution is 7.15. The second-order valence-electron chi connectivity index (χ2n) is 5.44. The molecule has 1 aromatic carbocycles. The van der Waals surface area contributed by atoms with E-state index in [2.05, 4.69) is 10.4 Å². The quantitative estimate of drug-likeness (QED) is 0.736. The summed E-state index contributed by atoms with van der Waals surface area (Å²) in [5.74, 6) is -1.32. The molecule has 0 atom stereocenters. The van der Waals surface area contributed by atoms with Gasteiger partial charge in [-0.25, -0.2) is 9.18 Å². The molecule has 0 aliphatic carbocycles. The van der Waals surface area contributed by atoms with Crippen LogP contribution in [0.1, 0.15) is 21.6 Å². The van der Waals surface area contributed by atoms with Crippen molar-refractivity contribution in [3.8, 4) is 11.3 Å². The summed E-state index contributed by atoms with van der Waals surface area (Å²) in [6, 6.07) is 8.07. The molecule has 2 N–H and O–H groups in total. The number of carboxylic acid groups (broad SMARTS) is 1. The molecular formula is C17H16FN3O2S. The van der Waals surface area contributed by atoms with Gasteiger partial charge in [-0.1, -0.05) is 12.1 Å². The Kier molecular flexibility index (Phi) is 4.35. The second kappa shape index (κ2) is 6.45. The van der Waals surface area contributed by atoms with Gasteiger partial charge < -0.3 is 10.4 Å². The van der Waals surface area contributed by atoms with E-state index in [9.17, 15) is 14.3 Å². The number of aryl methyl sites for hydroxylation is 2. The van der Waals surface area contributed by atoms with Gasteiger partial charge in [0.05, 0.1) is 11.4 Å². The van der Waals surface area contributed by atoms with E-state index in [1.54, 1.807) is 29.2 Å². The van der Waals surface area contributed by atoms with Gasteiger partial charge in [-0.2, -0.15) is 5.10 Å². The normalized spacial score (nSPS) is 10.8. The summed E-state index contributed by atoms with van der Waals surface area (Å²) in [5.41, 5.74) is 3.15. The fourth-order valence-corrected chi connectivity index (χ4v) is 3.53. The number of halogens is 1. The smallest absolute Gasteiger partial charge is 0.339 e. The lowest BCUT2D eigenvalue weighted by molar-refractivity contribution is 0.0699. The Morgan fingerprint density at radius 2 is 2.21 bits per heavy atom. The van der Waals surface area contributed by atoms with Crippen molar-refractivity contribution in [2.24, 2.45) is 7.05 Å². The topological polar surface area (TPSA) is 67.2 Å². The molecule has 124 valence electrons. The standard InChI is InChI=1S/C17H16FN3O2S/c1-10-6-14(21(2)20-10)13-9-24-16(15(13)17(22)23)19-8-11-4-3-5-12(18)7-11/h3-7,9,19H,8H2,1-2H3,(H,22,23). The molecule has 3 aromatic rings. The van der Waals surface area contributed by atoms with E-state index in [0.717, 1.165) is 17.0 Å². The van der Waals surface area contributed by atoms with Gasteiger partial charge in [-0.05, 0) is 30.7 Å². The lowest BCUT2D eigenvalue weighted by atomic mass is 10.1. The summed E-state index contributed by atoms with van der Waals surface area (Å²) in [4.78, 5) is 11.7. The van der Waals surface area contributed by atoms with Gasteiger partial charge in [0.25, 0.3) is 0 Å². The van der Waals surface area contributed by atoms with Crippen LogP contribution in [0.25, 0.3) is 11.3 Å². The Morgan fingerprint density at radius 1 is 1.42 bits per heavy atom. The van der Waals surface area contributed by atoms with E-state index < -0.39 is 5.97 Å². The zero-order chi connectivity index (χ0) is 17.3. The number of carbonyl (C=O) groups is 1. The number of anilines is 1. The van der Waals surface area contributed by atoms with E-state index in [1.807, 2.05) is 13.0 Å². The average molecular weight is 345 g/mol. The third kappa shape index (κ3) is 3.16. The molecule has 0 aliphatic rings. The first-order valence-corrected chi connectivity index (χ1v) is 8.18. The number of benzene rings is 1. The molecule has 7 heteroatoms. The molecular weight excluding hydrogens is 329 g/mol. The molecule has 3 rings (SSSR count). The largest absolute Gasteiger partial charge is 0.478 e. The van der Waals surface area contributed by atoms with Gasteiger partial charge in [-0.15, -0.1) is 11.3 Å². The highest BCUT2D eigenvalue weighted by Gasteiger charge is 2.21. The summed E-state index contributed by atoms with van der Waals surface area (Å²) in [7, 11) is 1.78. The monoisotopic (exact) mass is 345 g/mol. The van der Waals surface area contributed by atoms with Crippen molar-refractivity contribution in [2.45, 2.75) is 13.5 Å². The van der Waals surface area contributed by atoms with Gasteiger partial charge in [0, 0.05) is 24.5 Å². The van der Waals surface area contributed by atoms with E-state index in [4.69, 9.17) is 0 Å². The van der Waals surface area contributed by atoms with E-state index >= 15 is 0 Å². The molecule has 5 nitrogen and oxygen atoms in total. The van der Waals surface area contributed by atoms with Crippen LogP contribution in [0.4, 0.5) is 9.39 Å². The number of aromatic carboxylic acids is 1. The maximum Gasteiger partial charge on any atom is 0.339 e. The van der Waals surface area contributed by atoms with E-state index in [1.165, 1.54) is 23.5 Å². The zero-order valence-corrected chi connectivity index (χ0v) is 14.0. The van der Waals surface area contributed by atoms with Gasteiger partial charge in [0.2, 0.25) is 0 Å². The lowest BCUT2D eigenvalue weighted by Crippen LogP contribution is -2.06. The minimum absolute atomic E-state index is 0.208. The molecule has 0 spiro atoms. The number of carboxylic acids is 1. The Labute approximate surface area is 142 Å². The molecule has 24 heavy (non-hydrogen) atoms. The Hall–Kier alpha value is -2.67. The van der Waals surface area contributed by atoms with Crippen LogP contribution in [0.2, 0.25) is 0 Å². The van der Waals surface area contributed by atoms with Crippen molar-refractivity contribution in [3.05, 3.63) is 58.3 Å². The molecule has 0 fully saturated rings. The minimum atomic E-state index is -1.01. The molecule has 0 aliphatic heterocycles. The fraction of sp³-hybridized carbons (Fsp3) is 0.176.